The van der Waals surface area contributed by atoms with Crippen molar-refractivity contribution < 1.29 is 19.5 Å². The number of aliphatic hydroxyl groups is 1. The summed E-state index contributed by atoms with van der Waals surface area (Å²) in [6, 6.07) is 1.27. The number of unbranched alkanes of at least 4 members (excludes halogenated alkanes) is 1. The Bertz CT molecular complexity index is 809. The Kier molecular flexibility index (Phi) is 11.6. The molecule has 2 rings (SSSR count). The van der Waals surface area contributed by atoms with Crippen molar-refractivity contribution in [3.63, 3.8) is 0 Å². The Morgan fingerprint density at radius 1 is 1.26 bits per heavy atom. The summed E-state index contributed by atoms with van der Waals surface area (Å²) in [7, 11) is 1.71. The van der Waals surface area contributed by atoms with Gasteiger partial charge in [0.25, 0.3) is 0 Å². The fraction of sp³-hybridized carbons (Fsp3) is 0.680. The first-order chi connectivity index (χ1) is 16.3. The highest BCUT2D eigenvalue weighted by atomic mass is 35.5. The molecule has 1 aliphatic heterocycles. The molecule has 2 N–H and O–H groups in total. The summed E-state index contributed by atoms with van der Waals surface area (Å²) in [4.78, 5) is 41.0. The second kappa shape index (κ2) is 14.1. The van der Waals surface area contributed by atoms with Crippen molar-refractivity contribution in [3.05, 3.63) is 24.3 Å². The second-order valence-corrected chi connectivity index (χ2v) is 9.77. The number of rotatable bonds is 11. The smallest absolute Gasteiger partial charge is 0.243 e. The molecule has 0 aromatic rings. The molecule has 2 fully saturated rings. The number of hydrogen-bond donors (Lipinski definition) is 2. The molecular formula is C25H37ClN4O4. The van der Waals surface area contributed by atoms with Gasteiger partial charge < -0.3 is 20.2 Å². The average Bonchev–Trinajstić information content (AvgIpc) is 3.22. The number of allylic oxidation sites excluding steroid dienone is 3. The van der Waals surface area contributed by atoms with Gasteiger partial charge in [0, 0.05) is 43.9 Å². The summed E-state index contributed by atoms with van der Waals surface area (Å²) >= 11 is 6.40. The number of β-amino-alcohol motifs (C(OH)–C–C–N with tert-alkyl or cyclic N) is 1. The number of likely N-dealkylation sites (N-methyl/N-ethyl adjacent to an activating group) is 1. The lowest BCUT2D eigenvalue weighted by Crippen LogP contribution is -2.49. The van der Waals surface area contributed by atoms with Crippen molar-refractivity contribution in [2.24, 2.45) is 5.92 Å². The lowest BCUT2D eigenvalue weighted by Gasteiger charge is -2.31. The molecule has 3 unspecified atom stereocenters. The lowest BCUT2D eigenvalue weighted by molar-refractivity contribution is -0.139. The minimum Gasteiger partial charge on any atom is -0.391 e. The van der Waals surface area contributed by atoms with Gasteiger partial charge in [-0.15, -0.1) is 18.2 Å². The SMILES string of the molecule is C=CCC/C=C(/C#N)CCC(=O)N1CC(O)C[C@H]1C(=O)NCC(=O)N(C)CC1CCCCC1Cl. The van der Waals surface area contributed by atoms with Gasteiger partial charge in [0.2, 0.25) is 17.7 Å². The highest BCUT2D eigenvalue weighted by molar-refractivity contribution is 6.20. The predicted molar refractivity (Wildman–Crippen MR) is 131 cm³/mol. The highest BCUT2D eigenvalue weighted by Crippen LogP contribution is 2.29. The zero-order valence-corrected chi connectivity index (χ0v) is 20.8. The molecule has 0 aromatic heterocycles. The van der Waals surface area contributed by atoms with Crippen LogP contribution >= 0.6 is 11.6 Å². The average molecular weight is 493 g/mol. The van der Waals surface area contributed by atoms with Crippen LogP contribution in [0.1, 0.15) is 57.8 Å². The van der Waals surface area contributed by atoms with E-state index in [0.717, 1.165) is 32.1 Å². The Hall–Kier alpha value is -2.37. The molecule has 9 heteroatoms. The van der Waals surface area contributed by atoms with E-state index in [9.17, 15) is 24.8 Å². The monoisotopic (exact) mass is 492 g/mol. The first-order valence-electron chi connectivity index (χ1n) is 12.1. The summed E-state index contributed by atoms with van der Waals surface area (Å²) in [5, 5.41) is 22.0. The quantitative estimate of drug-likeness (QED) is 0.199. The topological polar surface area (TPSA) is 114 Å². The number of likely N-dealkylation sites (tertiary alicyclic amines) is 1. The van der Waals surface area contributed by atoms with Crippen LogP contribution in [0.3, 0.4) is 0 Å². The molecule has 34 heavy (non-hydrogen) atoms. The molecule has 4 atom stereocenters. The van der Waals surface area contributed by atoms with Crippen LogP contribution in [-0.2, 0) is 14.4 Å². The van der Waals surface area contributed by atoms with Gasteiger partial charge >= 0.3 is 0 Å². The third kappa shape index (κ3) is 8.44. The first-order valence-corrected chi connectivity index (χ1v) is 12.5. The van der Waals surface area contributed by atoms with Gasteiger partial charge in [-0.2, -0.15) is 5.26 Å². The van der Waals surface area contributed by atoms with Crippen molar-refractivity contribution in [3.8, 4) is 6.07 Å². The van der Waals surface area contributed by atoms with Crippen molar-refractivity contribution in [2.75, 3.05) is 26.7 Å². The van der Waals surface area contributed by atoms with Crippen LogP contribution in [0.4, 0.5) is 0 Å². The molecule has 8 nitrogen and oxygen atoms in total. The summed E-state index contributed by atoms with van der Waals surface area (Å²) in [6.45, 7) is 4.08. The molecule has 0 radical (unpaired) electrons. The van der Waals surface area contributed by atoms with Gasteiger partial charge in [-0.1, -0.05) is 25.0 Å². The van der Waals surface area contributed by atoms with Crippen LogP contribution in [0.2, 0.25) is 0 Å². The maximum atomic E-state index is 12.8. The van der Waals surface area contributed by atoms with Crippen LogP contribution < -0.4 is 5.32 Å². The van der Waals surface area contributed by atoms with E-state index in [0.29, 0.717) is 18.5 Å². The molecular weight excluding hydrogens is 456 g/mol. The number of amides is 3. The number of nitrogens with zero attached hydrogens (tertiary/aromatic N) is 3. The van der Waals surface area contributed by atoms with E-state index in [4.69, 9.17) is 11.6 Å². The van der Waals surface area contributed by atoms with Gasteiger partial charge in [-0.25, -0.2) is 0 Å². The van der Waals surface area contributed by atoms with E-state index in [-0.39, 0.29) is 55.5 Å². The molecule has 1 aliphatic carbocycles. The van der Waals surface area contributed by atoms with Gasteiger partial charge in [0.1, 0.15) is 6.04 Å². The molecule has 0 spiro atoms. The molecule has 2 aliphatic rings. The molecule has 0 aromatic carbocycles. The number of nitriles is 1. The van der Waals surface area contributed by atoms with E-state index >= 15 is 0 Å². The maximum Gasteiger partial charge on any atom is 0.243 e. The summed E-state index contributed by atoms with van der Waals surface area (Å²) in [6.07, 6.45) is 8.84. The van der Waals surface area contributed by atoms with Crippen LogP contribution in [0, 0.1) is 17.2 Å². The molecule has 3 amide bonds. The highest BCUT2D eigenvalue weighted by Gasteiger charge is 2.38. The fourth-order valence-corrected chi connectivity index (χ4v) is 4.90. The van der Waals surface area contributed by atoms with Crippen LogP contribution in [0.5, 0.6) is 0 Å². The summed E-state index contributed by atoms with van der Waals surface area (Å²) < 4.78 is 0. The standard InChI is InChI=1S/C25H37ClN4O4/c1-3-4-5-8-18(14-27)11-12-23(32)30-17-20(31)13-22(30)25(34)28-15-24(33)29(2)16-19-9-6-7-10-21(19)26/h3,8,19-22,31H,1,4-7,9-13,15-17H2,2H3,(H,28,34)/b18-8+/t19?,20?,21?,22-/m0/s1. The predicted octanol–water partition coefficient (Wildman–Crippen LogP) is 2.52. The molecule has 0 bridgehead atoms. The number of carbonyl (C=O) groups excluding carboxylic acids is 3. The van der Waals surface area contributed by atoms with Gasteiger partial charge in [-0.05, 0) is 38.0 Å². The minimum absolute atomic E-state index is 0.0611. The zero-order chi connectivity index (χ0) is 25.1. The Morgan fingerprint density at radius 2 is 2.00 bits per heavy atom. The molecule has 1 saturated heterocycles. The Morgan fingerprint density at radius 3 is 2.68 bits per heavy atom. The minimum atomic E-state index is -0.832. The number of aliphatic hydroxyl groups excluding tert-OH is 1. The molecule has 1 saturated carbocycles. The number of hydrogen-bond acceptors (Lipinski definition) is 5. The van der Waals surface area contributed by atoms with Crippen LogP contribution in [0.15, 0.2) is 24.3 Å². The normalized spacial score (nSPS) is 24.9. The zero-order valence-electron chi connectivity index (χ0n) is 20.0. The van der Waals surface area contributed by atoms with Gasteiger partial charge in [0.15, 0.2) is 0 Å². The third-order valence-electron chi connectivity index (χ3n) is 6.58. The number of carbonyl (C=O) groups is 3. The third-order valence-corrected chi connectivity index (χ3v) is 7.15. The van der Waals surface area contributed by atoms with Crippen molar-refractivity contribution >= 4 is 29.3 Å². The first kappa shape index (κ1) is 27.9. The summed E-state index contributed by atoms with van der Waals surface area (Å²) in [5.41, 5.74) is 0.515. The lowest BCUT2D eigenvalue weighted by atomic mass is 9.88. The Labute approximate surface area is 207 Å². The maximum absolute atomic E-state index is 12.8. The van der Waals surface area contributed by atoms with Crippen molar-refractivity contribution in [1.82, 2.24) is 15.1 Å². The van der Waals surface area contributed by atoms with E-state index in [1.807, 2.05) is 0 Å². The van der Waals surface area contributed by atoms with Gasteiger partial charge in [-0.3, -0.25) is 14.4 Å². The van der Waals surface area contributed by atoms with Crippen molar-refractivity contribution in [1.29, 1.82) is 5.26 Å². The largest absolute Gasteiger partial charge is 0.391 e. The molecule has 188 valence electrons. The van der Waals surface area contributed by atoms with Crippen molar-refractivity contribution in [2.45, 2.75) is 75.3 Å². The van der Waals surface area contributed by atoms with Crippen LogP contribution in [-0.4, -0.2) is 76.8 Å². The Balaban J connectivity index is 1.85. The van der Waals surface area contributed by atoms with E-state index in [1.165, 1.54) is 4.90 Å². The van der Waals surface area contributed by atoms with E-state index in [1.54, 1.807) is 24.1 Å². The van der Waals surface area contributed by atoms with E-state index < -0.39 is 18.1 Å². The second-order valence-electron chi connectivity index (χ2n) is 9.21. The fourth-order valence-electron chi connectivity index (χ4n) is 4.54. The number of halogens is 1. The van der Waals surface area contributed by atoms with Crippen LogP contribution in [0.25, 0.3) is 0 Å². The number of nitrogens with one attached hydrogen (secondary N) is 1. The number of alkyl halides is 1. The summed E-state index contributed by atoms with van der Waals surface area (Å²) in [5.74, 6) is -0.721. The van der Waals surface area contributed by atoms with E-state index in [2.05, 4.69) is 18.0 Å². The molecule has 1 heterocycles. The van der Waals surface area contributed by atoms with Gasteiger partial charge in [0.05, 0.1) is 18.7 Å².